The predicted octanol–water partition coefficient (Wildman–Crippen LogP) is 35.9. The second kappa shape index (κ2) is 34.5. The van der Waals surface area contributed by atoms with Gasteiger partial charge in [-0.3, -0.25) is 0 Å². The topological polar surface area (TPSA) is 79.7 Å². The summed E-state index contributed by atoms with van der Waals surface area (Å²) in [7, 11) is 0. The average molecular weight is 1750 g/mol. The Hall–Kier alpha value is -18.7. The summed E-state index contributed by atoms with van der Waals surface area (Å²) in [5.74, 6) is 0. The molecule has 0 saturated carbocycles. The Morgan fingerprint density at radius 1 is 0.181 bits per heavy atom. The van der Waals surface area contributed by atoms with Gasteiger partial charge < -0.3 is 0 Å². The third-order valence-corrected chi connectivity index (χ3v) is 27.5. The van der Waals surface area contributed by atoms with Gasteiger partial charge in [-0.15, -0.1) is 0 Å². The zero-order valence-electron chi connectivity index (χ0n) is 74.9. The first-order valence-corrected chi connectivity index (χ1v) is 46.7. The van der Waals surface area contributed by atoms with Crippen molar-refractivity contribution in [1.29, 1.82) is 5.26 Å². The Balaban J connectivity index is 0.000000111. The van der Waals surface area contributed by atoms with Gasteiger partial charge >= 0.3 is 0 Å². The first-order valence-electron chi connectivity index (χ1n) is 46.7. The minimum atomic E-state index is 0.648. The van der Waals surface area contributed by atoms with Crippen LogP contribution < -0.4 is 0 Å². The normalized spacial score (nSPS) is 11.5. The molecule has 23 aromatic carbocycles. The van der Waals surface area contributed by atoms with Gasteiger partial charge in [0.05, 0.1) is 63.0 Å². The van der Waals surface area contributed by atoms with Crippen LogP contribution in [0.15, 0.2) is 485 Å². The lowest BCUT2D eigenvalue weighted by Crippen LogP contribution is -1.94. The van der Waals surface area contributed by atoms with Crippen molar-refractivity contribution >= 4 is 157 Å². The van der Waals surface area contributed by atoms with E-state index in [0.29, 0.717) is 11.3 Å². The van der Waals surface area contributed by atoms with Crippen molar-refractivity contribution < 1.29 is 0 Å². The number of benzene rings is 23. The van der Waals surface area contributed by atoms with Crippen molar-refractivity contribution in [3.63, 3.8) is 0 Å². The molecule has 27 rings (SSSR count). The molecular formula is C132H80N6. The number of nitriles is 1. The van der Waals surface area contributed by atoms with E-state index in [1.807, 2.05) is 48.5 Å². The number of nitrogens with zero attached hydrogens (tertiary/aromatic N) is 6. The molecule has 0 amide bonds. The first kappa shape index (κ1) is 81.3. The van der Waals surface area contributed by atoms with Gasteiger partial charge in [0.25, 0.3) is 0 Å². The van der Waals surface area contributed by atoms with Crippen LogP contribution in [0.25, 0.3) is 268 Å². The van der Waals surface area contributed by atoms with Crippen molar-refractivity contribution in [2.45, 2.75) is 0 Å². The van der Waals surface area contributed by atoms with Crippen LogP contribution in [0.3, 0.4) is 0 Å². The molecule has 0 fully saturated rings. The van der Waals surface area contributed by atoms with Gasteiger partial charge in [-0.2, -0.15) is 5.26 Å². The van der Waals surface area contributed by atoms with Gasteiger partial charge in [-0.1, -0.05) is 394 Å². The molecule has 4 heterocycles. The van der Waals surface area contributed by atoms with E-state index < -0.39 is 0 Å². The molecule has 0 aliphatic rings. The number of fused-ring (bicyclic) bond motifs is 18. The molecule has 6 heteroatoms. The van der Waals surface area contributed by atoms with Crippen LogP contribution in [0, 0.1) is 17.9 Å². The van der Waals surface area contributed by atoms with E-state index >= 15 is 0 Å². The fourth-order valence-corrected chi connectivity index (χ4v) is 20.6. The summed E-state index contributed by atoms with van der Waals surface area (Å²) < 4.78 is 0. The van der Waals surface area contributed by atoms with Crippen LogP contribution in [0.4, 0.5) is 5.69 Å². The van der Waals surface area contributed by atoms with E-state index in [2.05, 4.69) is 448 Å². The fourth-order valence-electron chi connectivity index (χ4n) is 20.6. The zero-order chi connectivity index (χ0) is 91.7. The Kier molecular flexibility index (Phi) is 20.3. The highest BCUT2D eigenvalue weighted by atomic mass is 14.7. The summed E-state index contributed by atoms with van der Waals surface area (Å²) in [5, 5.41) is 37.5. The number of pyridine rings is 4. The van der Waals surface area contributed by atoms with Gasteiger partial charge in [0, 0.05) is 65.3 Å². The molecule has 0 unspecified atom stereocenters. The lowest BCUT2D eigenvalue weighted by molar-refractivity contribution is 1.41. The van der Waals surface area contributed by atoms with Gasteiger partial charge in [0.15, 0.2) is 5.69 Å². The number of aromatic nitrogens is 4. The Labute approximate surface area is 796 Å². The number of rotatable bonds is 10. The number of para-hydroxylation sites is 2. The van der Waals surface area contributed by atoms with Crippen LogP contribution in [0.1, 0.15) is 5.56 Å². The van der Waals surface area contributed by atoms with Gasteiger partial charge in [-0.05, 0) is 244 Å². The Morgan fingerprint density at radius 2 is 0.449 bits per heavy atom. The van der Waals surface area contributed by atoms with E-state index in [9.17, 15) is 5.26 Å². The standard InChI is InChI=1S/C52H32N2.2C40H24N2/c1-3-13-37-29-39(27-21-33(37)11-1)47-32-50(40-28-22-34-12-2-4-14-38(34)30-40)54-52-45-19-8-6-16-42(45)46(31-48(47)52)35-23-25-36(26-24-35)51-44-18-7-5-15-41(44)43-17-9-10-20-49(43)53-51;1-41-38-17-9-8-15-33(38)36-24-37-35(30-20-18-26-10-2-4-12-28(26)22-30)25-39(42-40(37)34-16-7-6-14-32(34)36)31-21-19-27-11-3-5-13-29(27)23-31;41-25-26-13-15-29(16-14-26)36-23-38-37(32-19-17-27-7-1-3-9-30(27)21-32)24-39(42-40(38)35-12-6-5-11-34(35)36)33-20-18-28-8-2-4-10-31(28)22-33/h1-32H;2-25H;1-24H. The lowest BCUT2D eigenvalue weighted by Gasteiger charge is -2.17. The van der Waals surface area contributed by atoms with Gasteiger partial charge in [-0.25, -0.2) is 24.8 Å². The molecule has 4 aromatic heterocycles. The summed E-state index contributed by atoms with van der Waals surface area (Å²) in [6.45, 7) is 7.85. The number of hydrogen-bond donors (Lipinski definition) is 0. The highest BCUT2D eigenvalue weighted by molar-refractivity contribution is 6.21. The van der Waals surface area contributed by atoms with Gasteiger partial charge in [0.2, 0.25) is 0 Å². The van der Waals surface area contributed by atoms with Crippen molar-refractivity contribution in [2.24, 2.45) is 0 Å². The lowest BCUT2D eigenvalue weighted by atomic mass is 9.90. The van der Waals surface area contributed by atoms with E-state index in [4.69, 9.17) is 26.5 Å². The van der Waals surface area contributed by atoms with Gasteiger partial charge in [0.1, 0.15) is 0 Å². The third kappa shape index (κ3) is 14.8. The molecule has 138 heavy (non-hydrogen) atoms. The monoisotopic (exact) mass is 1750 g/mol. The summed E-state index contributed by atoms with van der Waals surface area (Å²) >= 11 is 0. The van der Waals surface area contributed by atoms with Crippen molar-refractivity contribution in [3.05, 3.63) is 502 Å². The molecule has 0 N–H and O–H groups in total. The highest BCUT2D eigenvalue weighted by Crippen LogP contribution is 2.48. The SMILES string of the molecule is N#Cc1ccc(-c2cc3c(-c4ccc5ccccc5c4)cc(-c4ccc5ccccc5c4)nc3c3ccccc23)cc1.[C-]#[N+]c1ccccc1-c1cc2c(-c3ccc4ccccc4c3)cc(-c3ccc4ccccc4c3)nc2c2ccccc12.c1ccc2cc(-c3cc(-c4ccc5ccccc5c4)c4cc(-c5ccc(-c6nc7ccccc7c7ccccc67)cc5)c5ccccc5c4n3)ccc2c1. The van der Waals surface area contributed by atoms with E-state index in [0.717, 1.165) is 166 Å². The van der Waals surface area contributed by atoms with Crippen LogP contribution in [-0.2, 0) is 0 Å². The molecular weight excluding hydrogens is 1670 g/mol. The molecule has 27 aromatic rings. The number of hydrogen-bond acceptors (Lipinski definition) is 5. The first-order chi connectivity index (χ1) is 68.3. The van der Waals surface area contributed by atoms with Crippen molar-refractivity contribution in [1.82, 2.24) is 19.9 Å². The second-order valence-corrected chi connectivity index (χ2v) is 35.6. The zero-order valence-corrected chi connectivity index (χ0v) is 74.9. The predicted molar refractivity (Wildman–Crippen MR) is 581 cm³/mol. The molecule has 0 aliphatic carbocycles. The van der Waals surface area contributed by atoms with E-state index in [1.54, 1.807) is 0 Å². The van der Waals surface area contributed by atoms with Crippen molar-refractivity contribution in [2.75, 3.05) is 0 Å². The minimum Gasteiger partial charge on any atom is -0.247 e. The highest BCUT2D eigenvalue weighted by Gasteiger charge is 2.24. The molecule has 0 bridgehead atoms. The summed E-state index contributed by atoms with van der Waals surface area (Å²) in [6.07, 6.45) is 0. The third-order valence-electron chi connectivity index (χ3n) is 27.5. The Morgan fingerprint density at radius 3 is 0.826 bits per heavy atom. The maximum atomic E-state index is 9.37. The quantitative estimate of drug-likeness (QED) is 0.101. The Bertz CT molecular complexity index is 9770. The molecule has 0 atom stereocenters. The van der Waals surface area contributed by atoms with Crippen LogP contribution in [0.2, 0.25) is 0 Å². The molecule has 0 spiro atoms. The average Bonchev–Trinajstić information content (AvgIpc) is 0.742. The second-order valence-electron chi connectivity index (χ2n) is 35.6. The molecule has 6 nitrogen and oxygen atoms in total. The molecule has 0 saturated heterocycles. The fraction of sp³-hybridized carbons (Fsp3) is 0. The van der Waals surface area contributed by atoms with E-state index in [-0.39, 0.29) is 0 Å². The maximum absolute atomic E-state index is 9.37. The molecule has 0 radical (unpaired) electrons. The van der Waals surface area contributed by atoms with Crippen LogP contribution >= 0.6 is 0 Å². The summed E-state index contributed by atoms with van der Waals surface area (Å²) in [4.78, 5) is 25.2. The molecule has 638 valence electrons. The smallest absolute Gasteiger partial charge is 0.194 e. The van der Waals surface area contributed by atoms with Crippen molar-refractivity contribution in [3.8, 4) is 118 Å². The summed E-state index contributed by atoms with van der Waals surface area (Å²) in [5.41, 5.74) is 27.0. The van der Waals surface area contributed by atoms with Crippen LogP contribution in [-0.4, -0.2) is 19.9 Å². The summed E-state index contributed by atoms with van der Waals surface area (Å²) in [6, 6.07) is 174. The maximum Gasteiger partial charge on any atom is 0.194 e. The minimum absolute atomic E-state index is 0.648. The molecule has 0 aliphatic heterocycles. The van der Waals surface area contributed by atoms with Crippen LogP contribution in [0.5, 0.6) is 0 Å². The largest absolute Gasteiger partial charge is 0.247 e. The van der Waals surface area contributed by atoms with E-state index in [1.165, 1.54) is 97.5 Å².